The number of amides is 2. The lowest BCUT2D eigenvalue weighted by molar-refractivity contribution is -0.145. The van der Waals surface area contributed by atoms with E-state index in [2.05, 4.69) is 20.4 Å². The van der Waals surface area contributed by atoms with E-state index in [1.165, 1.54) is 16.2 Å². The number of aliphatic carboxylic acids is 1. The highest BCUT2D eigenvalue weighted by molar-refractivity contribution is 7.17. The third-order valence-corrected chi connectivity index (χ3v) is 8.96. The number of nitrogens with zero attached hydrogens (tertiary/aromatic N) is 4. The monoisotopic (exact) mass is 580 g/mol. The summed E-state index contributed by atoms with van der Waals surface area (Å²) in [6.45, 7) is 1.89. The van der Waals surface area contributed by atoms with Gasteiger partial charge < -0.3 is 30.3 Å². The summed E-state index contributed by atoms with van der Waals surface area (Å²) in [7, 11) is 0. The summed E-state index contributed by atoms with van der Waals surface area (Å²) in [5.74, 6) is -0.966. The first-order chi connectivity index (χ1) is 19.7. The van der Waals surface area contributed by atoms with Gasteiger partial charge in [0.25, 0.3) is 0 Å². The van der Waals surface area contributed by atoms with Gasteiger partial charge in [0.15, 0.2) is 11.5 Å². The Bertz CT molecular complexity index is 1520. The Balaban J connectivity index is 1.29. The predicted octanol–water partition coefficient (Wildman–Crippen LogP) is 2.81. The Kier molecular flexibility index (Phi) is 7.24. The Morgan fingerprint density at radius 1 is 1.29 bits per heavy atom. The Labute approximate surface area is 239 Å². The normalized spacial score (nSPS) is 28.9. The van der Waals surface area contributed by atoms with Crippen LogP contribution < -0.4 is 15.8 Å². The number of thiophene rings is 1. The van der Waals surface area contributed by atoms with Gasteiger partial charge in [-0.1, -0.05) is 30.2 Å². The van der Waals surface area contributed by atoms with Crippen LogP contribution >= 0.6 is 11.3 Å². The second-order valence-electron chi connectivity index (χ2n) is 11.0. The number of hydrogen-bond acceptors (Lipinski definition) is 10. The first kappa shape index (κ1) is 27.3. The zero-order chi connectivity index (χ0) is 28.7. The maximum absolute atomic E-state index is 13.6. The molecule has 12 nitrogen and oxygen atoms in total. The van der Waals surface area contributed by atoms with Crippen molar-refractivity contribution in [3.05, 3.63) is 35.4 Å². The van der Waals surface area contributed by atoms with E-state index in [0.717, 1.165) is 30.4 Å². The second kappa shape index (κ2) is 10.9. The zero-order valence-corrected chi connectivity index (χ0v) is 23.4. The van der Waals surface area contributed by atoms with Gasteiger partial charge in [-0.3, -0.25) is 9.59 Å². The minimum atomic E-state index is -1.37. The minimum absolute atomic E-state index is 0.114. The summed E-state index contributed by atoms with van der Waals surface area (Å²) in [4.78, 5) is 50.0. The molecule has 1 aliphatic carbocycles. The molecule has 2 aliphatic heterocycles. The van der Waals surface area contributed by atoms with E-state index in [1.54, 1.807) is 13.0 Å². The molecule has 0 aromatic carbocycles. The Morgan fingerprint density at radius 2 is 2.15 bits per heavy atom. The topological polar surface area (TPSA) is 174 Å². The average molecular weight is 581 g/mol. The summed E-state index contributed by atoms with van der Waals surface area (Å²) in [5, 5.41) is 18.7. The van der Waals surface area contributed by atoms with Gasteiger partial charge in [-0.25, -0.2) is 9.78 Å². The molecule has 5 heterocycles. The molecule has 0 bridgehead atoms. The largest absolute Gasteiger partial charge is 0.479 e. The van der Waals surface area contributed by atoms with Crippen LogP contribution in [0.4, 0.5) is 0 Å². The molecule has 13 heteroatoms. The Hall–Kier alpha value is -3.84. The molecule has 4 N–H and O–H groups in total. The van der Waals surface area contributed by atoms with Gasteiger partial charge in [0.2, 0.25) is 17.7 Å². The molecule has 1 saturated heterocycles. The molecule has 3 aromatic rings. The average Bonchev–Trinajstić information content (AvgIpc) is 3.35. The zero-order valence-electron chi connectivity index (χ0n) is 22.6. The molecular formula is C28H32N6O6S. The van der Waals surface area contributed by atoms with Crippen molar-refractivity contribution in [2.45, 2.75) is 75.6 Å². The smallest absolute Gasteiger partial charge is 0.330 e. The van der Waals surface area contributed by atoms with Gasteiger partial charge >= 0.3 is 5.97 Å². The highest BCUT2D eigenvalue weighted by atomic mass is 32.1. The third kappa shape index (κ3) is 5.31. The first-order valence-electron chi connectivity index (χ1n) is 13.9. The molecule has 0 spiro atoms. The molecular weight excluding hydrogens is 548 g/mol. The van der Waals surface area contributed by atoms with Gasteiger partial charge in [-0.2, -0.15) is 4.98 Å². The number of aromatic nitrogens is 3. The lowest BCUT2D eigenvalue weighted by Gasteiger charge is -2.27. The number of nitrogens with one attached hydrogen (secondary N) is 1. The molecule has 2 amide bonds. The van der Waals surface area contributed by atoms with Crippen LogP contribution in [-0.4, -0.2) is 73.2 Å². The van der Waals surface area contributed by atoms with Crippen LogP contribution in [0.5, 0.6) is 5.88 Å². The molecule has 2 fully saturated rings. The summed E-state index contributed by atoms with van der Waals surface area (Å²) < 4.78 is 12.3. The molecule has 1 saturated carbocycles. The number of aryl methyl sites for hydroxylation is 1. The third-order valence-electron chi connectivity index (χ3n) is 8.07. The lowest BCUT2D eigenvalue weighted by Crippen LogP contribution is -2.55. The number of ether oxygens (including phenoxy) is 1. The van der Waals surface area contributed by atoms with Crippen LogP contribution in [-0.2, 0) is 14.4 Å². The lowest BCUT2D eigenvalue weighted by atomic mass is 10.1. The van der Waals surface area contributed by atoms with Crippen molar-refractivity contribution in [3.63, 3.8) is 0 Å². The molecule has 216 valence electrons. The van der Waals surface area contributed by atoms with Crippen molar-refractivity contribution in [3.8, 4) is 17.4 Å². The van der Waals surface area contributed by atoms with Crippen molar-refractivity contribution in [2.75, 3.05) is 6.54 Å². The van der Waals surface area contributed by atoms with E-state index in [4.69, 9.17) is 15.0 Å². The van der Waals surface area contributed by atoms with E-state index in [9.17, 15) is 19.5 Å². The summed E-state index contributed by atoms with van der Waals surface area (Å²) >= 11 is 1.42. The van der Waals surface area contributed by atoms with Crippen LogP contribution in [0.25, 0.3) is 21.7 Å². The molecule has 3 aromatic heterocycles. The Morgan fingerprint density at radius 3 is 2.93 bits per heavy atom. The van der Waals surface area contributed by atoms with E-state index >= 15 is 0 Å². The van der Waals surface area contributed by atoms with E-state index in [-0.39, 0.29) is 24.8 Å². The fraction of sp³-hybridized carbons (Fsp3) is 0.500. The second-order valence-corrected chi connectivity index (χ2v) is 12.0. The van der Waals surface area contributed by atoms with Crippen LogP contribution in [0.1, 0.15) is 50.7 Å². The van der Waals surface area contributed by atoms with E-state index < -0.39 is 35.6 Å². The van der Waals surface area contributed by atoms with Crippen LogP contribution in [0.15, 0.2) is 34.2 Å². The van der Waals surface area contributed by atoms with Crippen molar-refractivity contribution in [2.24, 2.45) is 11.7 Å². The van der Waals surface area contributed by atoms with Gasteiger partial charge in [-0.15, -0.1) is 11.3 Å². The van der Waals surface area contributed by atoms with Gasteiger partial charge in [0, 0.05) is 18.4 Å². The molecule has 5 atom stereocenters. The number of carbonyl (C=O) groups is 3. The van der Waals surface area contributed by atoms with Gasteiger partial charge in [0.05, 0.1) is 18.1 Å². The van der Waals surface area contributed by atoms with Crippen LogP contribution in [0.2, 0.25) is 0 Å². The predicted molar refractivity (Wildman–Crippen MR) is 149 cm³/mol. The highest BCUT2D eigenvalue weighted by Crippen LogP contribution is 2.45. The van der Waals surface area contributed by atoms with E-state index in [0.29, 0.717) is 41.5 Å². The molecule has 0 radical (unpaired) electrons. The first-order valence-corrected chi connectivity index (χ1v) is 14.8. The summed E-state index contributed by atoms with van der Waals surface area (Å²) in [6.07, 6.45) is 7.70. The van der Waals surface area contributed by atoms with Crippen molar-refractivity contribution in [1.82, 2.24) is 25.3 Å². The number of carboxylic acid groups (broad SMARTS) is 1. The number of fused-ring (bicyclic) bond motifs is 3. The van der Waals surface area contributed by atoms with Gasteiger partial charge in [-0.05, 0) is 44.1 Å². The van der Waals surface area contributed by atoms with Crippen molar-refractivity contribution in [1.29, 1.82) is 0 Å². The molecule has 3 aliphatic rings. The summed E-state index contributed by atoms with van der Waals surface area (Å²) in [5.41, 5.74) is 6.08. The number of rotatable bonds is 4. The van der Waals surface area contributed by atoms with Gasteiger partial charge in [0.1, 0.15) is 28.1 Å². The number of carbonyl (C=O) groups excluding carboxylic acids is 2. The van der Waals surface area contributed by atoms with Crippen molar-refractivity contribution >= 4 is 39.3 Å². The SMILES string of the molecule is Cc1cc(-c2nc(O[C@@H]3C[C@H]4C(=O)N[C@]5(C(=O)O)C[C@H]5C=CCCCCC[C@H](N)C(=O)N4C3)c3sccc3n2)no1. The molecule has 6 rings (SSSR count). The fourth-order valence-corrected chi connectivity index (χ4v) is 6.46. The fourth-order valence-electron chi connectivity index (χ4n) is 5.70. The molecule has 41 heavy (non-hydrogen) atoms. The van der Waals surface area contributed by atoms with Crippen LogP contribution in [0, 0.1) is 12.8 Å². The van der Waals surface area contributed by atoms with E-state index in [1.807, 2.05) is 23.6 Å². The number of hydrogen-bond donors (Lipinski definition) is 3. The standard InChI is InChI=1S/C28H32N6O6S/c1-15-11-20(33-40-15)23-30-19-9-10-41-22(19)25(31-23)39-17-12-21-24(35)32-28(27(37)38)13-16(28)7-5-3-2-4-6-8-18(29)26(36)34(21)14-17/h5,7,9-11,16-18,21H,2-4,6,8,12-14,29H2,1H3,(H,32,35)(H,37,38)/t16-,17-,18+,21+,28-/m1/s1. The maximum atomic E-state index is 13.6. The molecule has 0 unspecified atom stereocenters. The number of carboxylic acids is 1. The quantitative estimate of drug-likeness (QED) is 0.389. The van der Waals surface area contributed by atoms with Crippen LogP contribution in [0.3, 0.4) is 0 Å². The van der Waals surface area contributed by atoms with Crippen molar-refractivity contribution < 1.29 is 28.8 Å². The minimum Gasteiger partial charge on any atom is -0.479 e. The number of allylic oxidation sites excluding steroid dienone is 1. The maximum Gasteiger partial charge on any atom is 0.330 e. The highest BCUT2D eigenvalue weighted by Gasteiger charge is 2.61. The number of nitrogens with two attached hydrogens (primary N) is 1. The summed E-state index contributed by atoms with van der Waals surface area (Å²) in [6, 6.07) is 1.89.